The smallest absolute Gasteiger partial charge is 0.167 e. The molecule has 4 heterocycles. The van der Waals surface area contributed by atoms with Gasteiger partial charge in [-0.15, -0.1) is 11.8 Å². The van der Waals surface area contributed by atoms with Crippen LogP contribution in [0.2, 0.25) is 0 Å². The molecule has 0 radical (unpaired) electrons. The van der Waals surface area contributed by atoms with Crippen molar-refractivity contribution in [1.82, 2.24) is 24.6 Å². The van der Waals surface area contributed by atoms with Crippen LogP contribution in [0.5, 0.6) is 0 Å². The number of imidazole rings is 1. The number of benzene rings is 2. The number of aryl methyl sites for hydroxylation is 2. The predicted octanol–water partition coefficient (Wildman–Crippen LogP) is 6.23. The molecule has 0 N–H and O–H groups in total. The highest BCUT2D eigenvalue weighted by Crippen LogP contribution is 2.31. The molecule has 6 rings (SSSR count). The third-order valence-electron chi connectivity index (χ3n) is 7.52. The number of pyridine rings is 1. The zero-order valence-electron chi connectivity index (χ0n) is 21.8. The Hall–Kier alpha value is -3.16. The van der Waals surface area contributed by atoms with Crippen LogP contribution in [0, 0.1) is 6.92 Å². The molecule has 0 fully saturated rings. The Morgan fingerprint density at radius 2 is 1.86 bits per heavy atom. The molecule has 1 aliphatic rings. The highest BCUT2D eigenvalue weighted by Gasteiger charge is 2.18. The zero-order chi connectivity index (χ0) is 25.4. The van der Waals surface area contributed by atoms with Gasteiger partial charge in [0, 0.05) is 47.9 Å². The summed E-state index contributed by atoms with van der Waals surface area (Å²) < 4.78 is 7.80. The van der Waals surface area contributed by atoms with Crippen LogP contribution in [0.15, 0.2) is 58.2 Å². The molecule has 190 valence electrons. The Kier molecular flexibility index (Phi) is 6.74. The number of rotatable bonds is 7. The zero-order valence-corrected chi connectivity index (χ0v) is 22.6. The molecule has 3 aromatic heterocycles. The summed E-state index contributed by atoms with van der Waals surface area (Å²) in [5.74, 6) is 2.08. The highest BCUT2D eigenvalue weighted by atomic mass is 32.2. The number of hydrogen-bond donors (Lipinski definition) is 0. The molecule has 0 spiro atoms. The van der Waals surface area contributed by atoms with Crippen molar-refractivity contribution >= 4 is 33.6 Å². The van der Waals surface area contributed by atoms with Gasteiger partial charge in [0.05, 0.1) is 22.4 Å². The van der Waals surface area contributed by atoms with E-state index >= 15 is 0 Å². The second-order valence-electron chi connectivity index (χ2n) is 9.95. The Morgan fingerprint density at radius 3 is 2.70 bits per heavy atom. The van der Waals surface area contributed by atoms with Gasteiger partial charge in [-0.05, 0) is 74.5 Å². The summed E-state index contributed by atoms with van der Waals surface area (Å²) in [5, 5.41) is 7.79. The summed E-state index contributed by atoms with van der Waals surface area (Å²) in [6, 6.07) is 15.1. The largest absolute Gasteiger partial charge is 0.356 e. The van der Waals surface area contributed by atoms with Crippen LogP contribution in [-0.4, -0.2) is 50.0 Å². The topological polar surface area (TPSA) is 60.0 Å². The van der Waals surface area contributed by atoms with E-state index in [1.165, 1.54) is 21.5 Å². The van der Waals surface area contributed by atoms with Crippen LogP contribution in [-0.2, 0) is 26.3 Å². The fourth-order valence-electron chi connectivity index (χ4n) is 5.43. The predicted molar refractivity (Wildman–Crippen MR) is 151 cm³/mol. The normalized spacial score (nSPS) is 14.4. The molecule has 0 saturated carbocycles. The molecule has 1 aliphatic heterocycles. The van der Waals surface area contributed by atoms with Gasteiger partial charge in [-0.2, -0.15) is 0 Å². The van der Waals surface area contributed by atoms with Gasteiger partial charge in [-0.25, -0.2) is 4.98 Å². The van der Waals surface area contributed by atoms with Gasteiger partial charge in [0.25, 0.3) is 0 Å². The lowest BCUT2D eigenvalue weighted by molar-refractivity contribution is 0.289. The molecule has 0 aliphatic carbocycles. The maximum absolute atomic E-state index is 5.58. The number of nitrogens with zero attached hydrogens (tertiary/aromatic N) is 5. The molecule has 0 atom stereocenters. The van der Waals surface area contributed by atoms with Crippen molar-refractivity contribution < 1.29 is 4.52 Å². The fraction of sp³-hybridized carbons (Fsp3) is 0.367. The minimum atomic E-state index is 0.909. The molecule has 5 aromatic rings. The van der Waals surface area contributed by atoms with Gasteiger partial charge in [0.2, 0.25) is 0 Å². The molecule has 0 amide bonds. The molecule has 7 heteroatoms. The molecule has 0 unspecified atom stereocenters. The Bertz CT molecular complexity index is 1570. The summed E-state index contributed by atoms with van der Waals surface area (Å²) in [6.07, 6.45) is 6.25. The standard InChI is InChI=1S/C30H33N5OS/c1-4-26-25-17-21-11-14-35(15-12-22(21)18-28(25)36-33-26)13-6-16-37-29-19-31-30(34(29)3)24-7-5-8-27-23(24)10-9-20(2)32-27/h5,7-10,17-19H,4,6,11-16H2,1-3H3. The number of aromatic nitrogens is 4. The van der Waals surface area contributed by atoms with E-state index in [0.29, 0.717) is 0 Å². The van der Waals surface area contributed by atoms with Crippen molar-refractivity contribution in [2.75, 3.05) is 25.4 Å². The van der Waals surface area contributed by atoms with E-state index in [4.69, 9.17) is 9.51 Å². The molecular formula is C30H33N5OS. The summed E-state index contributed by atoms with van der Waals surface area (Å²) in [6.45, 7) is 7.50. The summed E-state index contributed by atoms with van der Waals surface area (Å²) in [4.78, 5) is 12.1. The van der Waals surface area contributed by atoms with Crippen LogP contribution in [0.4, 0.5) is 0 Å². The van der Waals surface area contributed by atoms with E-state index in [9.17, 15) is 0 Å². The summed E-state index contributed by atoms with van der Waals surface area (Å²) in [7, 11) is 2.12. The second kappa shape index (κ2) is 10.3. The highest BCUT2D eigenvalue weighted by molar-refractivity contribution is 7.99. The number of fused-ring (bicyclic) bond motifs is 3. The van der Waals surface area contributed by atoms with Crippen molar-refractivity contribution in [3.05, 3.63) is 71.2 Å². The lowest BCUT2D eigenvalue weighted by Crippen LogP contribution is -2.27. The van der Waals surface area contributed by atoms with E-state index in [0.717, 1.165) is 90.3 Å². The van der Waals surface area contributed by atoms with Gasteiger partial charge >= 0.3 is 0 Å². The van der Waals surface area contributed by atoms with Crippen LogP contribution >= 0.6 is 11.8 Å². The van der Waals surface area contributed by atoms with Gasteiger partial charge < -0.3 is 14.0 Å². The van der Waals surface area contributed by atoms with Gasteiger partial charge in [-0.3, -0.25) is 4.98 Å². The van der Waals surface area contributed by atoms with E-state index in [2.05, 4.69) is 76.0 Å². The lowest BCUT2D eigenvalue weighted by Gasteiger charge is -2.19. The molecule has 6 nitrogen and oxygen atoms in total. The van der Waals surface area contributed by atoms with Crippen molar-refractivity contribution in [3.63, 3.8) is 0 Å². The SMILES string of the molecule is CCc1noc2cc3c(cc12)CCN(CCCSc1cnc(-c2cccc4nc(C)ccc24)n1C)CC3. The quantitative estimate of drug-likeness (QED) is 0.191. The van der Waals surface area contributed by atoms with Gasteiger partial charge in [0.1, 0.15) is 5.82 Å². The van der Waals surface area contributed by atoms with Crippen molar-refractivity contribution in [2.45, 2.75) is 44.6 Å². The van der Waals surface area contributed by atoms with Crippen LogP contribution in [0.1, 0.15) is 35.9 Å². The average molecular weight is 512 g/mol. The first-order chi connectivity index (χ1) is 18.1. The maximum Gasteiger partial charge on any atom is 0.167 e. The minimum Gasteiger partial charge on any atom is -0.356 e. The fourth-order valence-corrected chi connectivity index (χ4v) is 6.32. The van der Waals surface area contributed by atoms with E-state index < -0.39 is 0 Å². The van der Waals surface area contributed by atoms with Crippen LogP contribution < -0.4 is 0 Å². The van der Waals surface area contributed by atoms with Crippen LogP contribution in [0.25, 0.3) is 33.3 Å². The molecule has 0 saturated heterocycles. The average Bonchev–Trinajstić information content (AvgIpc) is 3.41. The minimum absolute atomic E-state index is 0.909. The summed E-state index contributed by atoms with van der Waals surface area (Å²) >= 11 is 1.90. The molecule has 0 bridgehead atoms. The molecule has 2 aromatic carbocycles. The first-order valence-electron chi connectivity index (χ1n) is 13.2. The van der Waals surface area contributed by atoms with Crippen molar-refractivity contribution in [3.8, 4) is 11.4 Å². The first-order valence-corrected chi connectivity index (χ1v) is 14.2. The number of thioether (sulfide) groups is 1. The number of hydrogen-bond acceptors (Lipinski definition) is 6. The van der Waals surface area contributed by atoms with E-state index in [1.807, 2.05) is 24.9 Å². The van der Waals surface area contributed by atoms with Gasteiger partial charge in [-0.1, -0.05) is 30.3 Å². The van der Waals surface area contributed by atoms with Crippen molar-refractivity contribution in [2.24, 2.45) is 7.05 Å². The van der Waals surface area contributed by atoms with E-state index in [-0.39, 0.29) is 0 Å². The van der Waals surface area contributed by atoms with Crippen LogP contribution in [0.3, 0.4) is 0 Å². The first kappa shape index (κ1) is 24.2. The summed E-state index contributed by atoms with van der Waals surface area (Å²) in [5.41, 5.74) is 8.08. The third kappa shape index (κ3) is 4.78. The molecule has 37 heavy (non-hydrogen) atoms. The lowest BCUT2D eigenvalue weighted by atomic mass is 10.00. The maximum atomic E-state index is 5.58. The third-order valence-corrected chi connectivity index (χ3v) is 8.69. The Morgan fingerprint density at radius 1 is 1.03 bits per heavy atom. The van der Waals surface area contributed by atoms with E-state index in [1.54, 1.807) is 0 Å². The Balaban J connectivity index is 1.06. The van der Waals surface area contributed by atoms with Gasteiger partial charge in [0.15, 0.2) is 5.58 Å². The monoisotopic (exact) mass is 511 g/mol. The molecular weight excluding hydrogens is 478 g/mol. The second-order valence-corrected chi connectivity index (χ2v) is 11.1. The van der Waals surface area contributed by atoms with Crippen molar-refractivity contribution in [1.29, 1.82) is 0 Å². The Labute approximate surface area is 222 Å².